The van der Waals surface area contributed by atoms with Crippen molar-refractivity contribution >= 4 is 23.4 Å². The maximum Gasteiger partial charge on any atom is 0.441 e. The van der Waals surface area contributed by atoms with E-state index >= 15 is 0 Å². The molecule has 0 aliphatic heterocycles. The zero-order chi connectivity index (χ0) is 12.9. The summed E-state index contributed by atoms with van der Waals surface area (Å²) >= 11 is 5.61. The molecule has 0 atom stereocenters. The van der Waals surface area contributed by atoms with Gasteiger partial charge in [-0.3, -0.25) is 0 Å². The predicted molar refractivity (Wildman–Crippen MR) is 63.3 cm³/mol. The topological polar surface area (TPSA) is 32.3 Å². The van der Waals surface area contributed by atoms with Gasteiger partial charge in [0.15, 0.2) is 0 Å². The molecule has 0 unspecified atom stereocenters. The molecule has 0 saturated carbocycles. The Kier molecular flexibility index (Phi) is 5.42. The van der Waals surface area contributed by atoms with Crippen LogP contribution >= 0.6 is 23.4 Å². The molecule has 0 saturated heterocycles. The van der Waals surface area contributed by atoms with E-state index in [0.717, 1.165) is 0 Å². The Morgan fingerprint density at radius 1 is 1.35 bits per heavy atom. The molecule has 0 radical (unpaired) electrons. The summed E-state index contributed by atoms with van der Waals surface area (Å²) in [5.74, 6) is -0.102. The van der Waals surface area contributed by atoms with E-state index in [0.29, 0.717) is 5.56 Å². The fourth-order valence-electron chi connectivity index (χ4n) is 1.16. The number of phenols is 1. The van der Waals surface area contributed by atoms with Crippen molar-refractivity contribution < 1.29 is 18.3 Å². The Bertz CT molecular complexity index is 373. The summed E-state index contributed by atoms with van der Waals surface area (Å²) in [6.07, 6.45) is 0. The monoisotopic (exact) mass is 285 g/mol. The number of alkyl halides is 3. The molecular weight excluding hydrogens is 275 g/mol. The number of aromatic hydroxyl groups is 1. The third kappa shape index (κ3) is 5.52. The van der Waals surface area contributed by atoms with Crippen LogP contribution in [-0.4, -0.2) is 22.9 Å². The Hall–Kier alpha value is -0.590. The number of halogens is 4. The van der Waals surface area contributed by atoms with Crippen LogP contribution in [0.3, 0.4) is 0 Å². The largest absolute Gasteiger partial charge is 0.506 e. The van der Waals surface area contributed by atoms with Gasteiger partial charge in [-0.05, 0) is 17.8 Å². The van der Waals surface area contributed by atoms with E-state index in [1.54, 1.807) is 18.2 Å². The number of hydrogen-bond acceptors (Lipinski definition) is 3. The van der Waals surface area contributed by atoms with Gasteiger partial charge in [0.05, 0.1) is 5.02 Å². The van der Waals surface area contributed by atoms with Gasteiger partial charge >= 0.3 is 5.51 Å². The fraction of sp³-hybridized carbons (Fsp3) is 0.400. The third-order valence-electron chi connectivity index (χ3n) is 1.93. The molecule has 0 aromatic heterocycles. The summed E-state index contributed by atoms with van der Waals surface area (Å²) in [5.41, 5.74) is -3.63. The van der Waals surface area contributed by atoms with E-state index in [1.807, 2.05) is 0 Å². The van der Waals surface area contributed by atoms with Gasteiger partial charge in [-0.1, -0.05) is 23.7 Å². The molecule has 17 heavy (non-hydrogen) atoms. The second-order valence-electron chi connectivity index (χ2n) is 3.22. The summed E-state index contributed by atoms with van der Waals surface area (Å²) in [4.78, 5) is 0. The van der Waals surface area contributed by atoms with Crippen molar-refractivity contribution in [2.24, 2.45) is 0 Å². The van der Waals surface area contributed by atoms with Crippen molar-refractivity contribution in [2.75, 3.05) is 12.3 Å². The first-order valence-electron chi connectivity index (χ1n) is 4.78. The number of nitrogens with one attached hydrogen (secondary N) is 1. The molecule has 0 bridgehead atoms. The maximum atomic E-state index is 11.8. The van der Waals surface area contributed by atoms with Crippen LogP contribution in [0.1, 0.15) is 5.56 Å². The van der Waals surface area contributed by atoms with E-state index in [9.17, 15) is 18.3 Å². The molecule has 0 spiro atoms. The number of benzene rings is 1. The van der Waals surface area contributed by atoms with Crippen LogP contribution in [-0.2, 0) is 6.54 Å². The van der Waals surface area contributed by atoms with Crippen molar-refractivity contribution in [1.29, 1.82) is 0 Å². The van der Waals surface area contributed by atoms with Crippen molar-refractivity contribution in [2.45, 2.75) is 12.1 Å². The van der Waals surface area contributed by atoms with Crippen LogP contribution in [0.2, 0.25) is 5.02 Å². The standard InChI is InChI=1S/C10H11ClF3NOS/c11-8-3-1-2-7(9(8)16)6-15-4-5-17-10(12,13)14/h1-3,15-16H,4-6H2. The van der Waals surface area contributed by atoms with Crippen LogP contribution in [0, 0.1) is 0 Å². The predicted octanol–water partition coefficient (Wildman–Crippen LogP) is 3.39. The Morgan fingerprint density at radius 3 is 2.71 bits per heavy atom. The van der Waals surface area contributed by atoms with Gasteiger partial charge in [0.1, 0.15) is 5.75 Å². The lowest BCUT2D eigenvalue weighted by atomic mass is 10.2. The minimum Gasteiger partial charge on any atom is -0.506 e. The average molecular weight is 286 g/mol. The Balaban J connectivity index is 2.29. The van der Waals surface area contributed by atoms with Crippen LogP contribution in [0.15, 0.2) is 18.2 Å². The lowest BCUT2D eigenvalue weighted by Crippen LogP contribution is -2.18. The van der Waals surface area contributed by atoms with Gasteiger partial charge in [-0.2, -0.15) is 13.2 Å². The molecule has 2 nitrogen and oxygen atoms in total. The van der Waals surface area contributed by atoms with Crippen LogP contribution in [0.5, 0.6) is 5.75 Å². The summed E-state index contributed by atoms with van der Waals surface area (Å²) in [5, 5.41) is 12.6. The Labute approximate surface area is 106 Å². The molecule has 2 N–H and O–H groups in total. The van der Waals surface area contributed by atoms with E-state index < -0.39 is 5.51 Å². The van der Waals surface area contributed by atoms with Crippen molar-refractivity contribution in [3.8, 4) is 5.75 Å². The number of rotatable bonds is 5. The number of para-hydroxylation sites is 1. The first-order valence-corrected chi connectivity index (χ1v) is 6.14. The summed E-state index contributed by atoms with van der Waals surface area (Å²) in [6.45, 7) is 0.487. The van der Waals surface area contributed by atoms with Gasteiger partial charge in [-0.15, -0.1) is 0 Å². The zero-order valence-corrected chi connectivity index (χ0v) is 10.3. The number of phenolic OH excluding ortho intramolecular Hbond substituents is 1. The van der Waals surface area contributed by atoms with Gasteiger partial charge in [0.2, 0.25) is 0 Å². The summed E-state index contributed by atoms with van der Waals surface area (Å²) in [6, 6.07) is 4.87. The van der Waals surface area contributed by atoms with Gasteiger partial charge < -0.3 is 10.4 Å². The molecule has 1 rings (SSSR count). The van der Waals surface area contributed by atoms with Crippen LogP contribution in [0.25, 0.3) is 0 Å². The highest BCUT2D eigenvalue weighted by Gasteiger charge is 2.27. The smallest absolute Gasteiger partial charge is 0.441 e. The first-order chi connectivity index (χ1) is 7.90. The SMILES string of the molecule is Oc1c(Cl)cccc1CNCCSC(F)(F)F. The van der Waals surface area contributed by atoms with E-state index in [-0.39, 0.29) is 41.4 Å². The molecule has 7 heteroatoms. The minimum atomic E-state index is -4.19. The van der Waals surface area contributed by atoms with Crippen molar-refractivity contribution in [3.63, 3.8) is 0 Å². The van der Waals surface area contributed by atoms with Gasteiger partial charge in [0.25, 0.3) is 0 Å². The molecule has 0 heterocycles. The quantitative estimate of drug-likeness (QED) is 0.814. The molecule has 0 aliphatic rings. The summed E-state index contributed by atoms with van der Waals surface area (Å²) < 4.78 is 35.4. The van der Waals surface area contributed by atoms with Crippen LogP contribution < -0.4 is 5.32 Å². The second kappa shape index (κ2) is 6.37. The number of hydrogen-bond donors (Lipinski definition) is 2. The van der Waals surface area contributed by atoms with Gasteiger partial charge in [-0.25, -0.2) is 0 Å². The second-order valence-corrected chi connectivity index (χ2v) is 4.79. The van der Waals surface area contributed by atoms with Crippen LogP contribution in [0.4, 0.5) is 13.2 Å². The molecule has 0 aliphatic carbocycles. The lowest BCUT2D eigenvalue weighted by Gasteiger charge is -2.08. The maximum absolute atomic E-state index is 11.8. The normalized spacial score (nSPS) is 11.8. The lowest BCUT2D eigenvalue weighted by molar-refractivity contribution is -0.0327. The van der Waals surface area contributed by atoms with E-state index in [1.165, 1.54) is 0 Å². The zero-order valence-electron chi connectivity index (χ0n) is 8.72. The highest BCUT2D eigenvalue weighted by molar-refractivity contribution is 8.00. The Morgan fingerprint density at radius 2 is 2.06 bits per heavy atom. The molecule has 1 aromatic rings. The van der Waals surface area contributed by atoms with Gasteiger partial charge in [0, 0.05) is 24.4 Å². The highest BCUT2D eigenvalue weighted by atomic mass is 35.5. The first kappa shape index (κ1) is 14.5. The summed E-state index contributed by atoms with van der Waals surface area (Å²) in [7, 11) is 0. The highest BCUT2D eigenvalue weighted by Crippen LogP contribution is 2.29. The minimum absolute atomic E-state index is 0.0369. The molecule has 0 amide bonds. The average Bonchev–Trinajstić information content (AvgIpc) is 2.22. The fourth-order valence-corrected chi connectivity index (χ4v) is 1.84. The van der Waals surface area contributed by atoms with E-state index in [4.69, 9.17) is 11.6 Å². The van der Waals surface area contributed by atoms with Crippen molar-refractivity contribution in [3.05, 3.63) is 28.8 Å². The molecular formula is C10H11ClF3NOS. The van der Waals surface area contributed by atoms with E-state index in [2.05, 4.69) is 5.32 Å². The third-order valence-corrected chi connectivity index (χ3v) is 2.97. The molecule has 1 aromatic carbocycles. The van der Waals surface area contributed by atoms with Crippen molar-refractivity contribution in [1.82, 2.24) is 5.32 Å². The molecule has 96 valence electrons. The number of thioether (sulfide) groups is 1. The molecule has 0 fully saturated rings.